The molecule has 2 saturated carbocycles. The number of hydrogen-bond acceptors (Lipinski definition) is 2. The third kappa shape index (κ3) is 3.16. The van der Waals surface area contributed by atoms with Crippen molar-refractivity contribution in [3.05, 3.63) is 0 Å². The first-order valence-corrected chi connectivity index (χ1v) is 8.35. The molecule has 0 heterocycles. The fourth-order valence-corrected chi connectivity index (χ4v) is 4.15. The Bertz CT molecular complexity index is 213. The Morgan fingerprint density at radius 3 is 2.62 bits per heavy atom. The summed E-state index contributed by atoms with van der Waals surface area (Å²) < 4.78 is 0. The van der Waals surface area contributed by atoms with Crippen LogP contribution in [-0.4, -0.2) is 24.1 Å². The van der Waals surface area contributed by atoms with Crippen molar-refractivity contribution in [2.75, 3.05) is 12.8 Å². The summed E-state index contributed by atoms with van der Waals surface area (Å²) in [5.74, 6) is 0. The average Bonchev–Trinajstić information content (AvgIpc) is 3.08. The smallest absolute Gasteiger partial charge is 0.0198 e. The zero-order chi connectivity index (χ0) is 11.4. The minimum Gasteiger partial charge on any atom is -0.312 e. The molecule has 0 aromatic heterocycles. The summed E-state index contributed by atoms with van der Waals surface area (Å²) in [6, 6.07) is 0.804. The normalized spacial score (nSPS) is 32.6. The van der Waals surface area contributed by atoms with Gasteiger partial charge in [0.05, 0.1) is 0 Å². The van der Waals surface area contributed by atoms with Crippen LogP contribution in [0, 0.1) is 5.41 Å². The predicted octanol–water partition coefficient (Wildman–Crippen LogP) is 3.83. The molecule has 2 heteroatoms. The fourth-order valence-electron chi connectivity index (χ4n) is 3.18. The van der Waals surface area contributed by atoms with Gasteiger partial charge in [-0.05, 0) is 43.8 Å². The summed E-state index contributed by atoms with van der Waals surface area (Å²) in [4.78, 5) is 0. The van der Waals surface area contributed by atoms with Gasteiger partial charge in [-0.15, -0.1) is 0 Å². The first kappa shape index (κ1) is 12.8. The van der Waals surface area contributed by atoms with E-state index in [4.69, 9.17) is 0 Å². The predicted molar refractivity (Wildman–Crippen MR) is 74.1 cm³/mol. The molecule has 2 aliphatic rings. The standard InChI is InChI=1S/C14H27NS/c1-3-8-14(9-10-14)11-15-12-6-4-5-7-13(12)16-2/h12-13,15H,3-11H2,1-2H3. The molecule has 0 radical (unpaired) electrons. The molecule has 16 heavy (non-hydrogen) atoms. The van der Waals surface area contributed by atoms with Gasteiger partial charge in [-0.25, -0.2) is 0 Å². The lowest BCUT2D eigenvalue weighted by molar-refractivity contribution is 0.335. The Morgan fingerprint density at radius 1 is 1.25 bits per heavy atom. The van der Waals surface area contributed by atoms with Crippen molar-refractivity contribution in [2.24, 2.45) is 5.41 Å². The zero-order valence-corrected chi connectivity index (χ0v) is 11.7. The van der Waals surface area contributed by atoms with E-state index in [0.717, 1.165) is 16.7 Å². The summed E-state index contributed by atoms with van der Waals surface area (Å²) in [6.07, 6.45) is 13.8. The number of rotatable bonds is 6. The fraction of sp³-hybridized carbons (Fsp3) is 1.00. The largest absolute Gasteiger partial charge is 0.312 e. The van der Waals surface area contributed by atoms with Gasteiger partial charge in [0, 0.05) is 17.8 Å². The molecule has 0 aromatic carbocycles. The van der Waals surface area contributed by atoms with Crippen molar-refractivity contribution < 1.29 is 0 Å². The highest BCUT2D eigenvalue weighted by atomic mass is 32.2. The maximum absolute atomic E-state index is 3.89. The van der Waals surface area contributed by atoms with Crippen LogP contribution in [0.2, 0.25) is 0 Å². The maximum Gasteiger partial charge on any atom is 0.0198 e. The summed E-state index contributed by atoms with van der Waals surface area (Å²) in [6.45, 7) is 3.62. The van der Waals surface area contributed by atoms with Crippen LogP contribution in [0.15, 0.2) is 0 Å². The third-order valence-corrected chi connectivity index (χ3v) is 5.65. The highest BCUT2D eigenvalue weighted by Gasteiger charge is 2.41. The van der Waals surface area contributed by atoms with Gasteiger partial charge in [-0.2, -0.15) is 11.8 Å². The van der Waals surface area contributed by atoms with E-state index in [-0.39, 0.29) is 0 Å². The van der Waals surface area contributed by atoms with Crippen molar-refractivity contribution in [1.82, 2.24) is 5.32 Å². The lowest BCUT2D eigenvalue weighted by atomic mass is 9.93. The molecule has 2 rings (SSSR count). The monoisotopic (exact) mass is 241 g/mol. The van der Waals surface area contributed by atoms with E-state index >= 15 is 0 Å². The first-order valence-electron chi connectivity index (χ1n) is 7.06. The van der Waals surface area contributed by atoms with Crippen LogP contribution in [0.25, 0.3) is 0 Å². The van der Waals surface area contributed by atoms with Gasteiger partial charge < -0.3 is 5.32 Å². The van der Waals surface area contributed by atoms with Crippen molar-refractivity contribution in [3.63, 3.8) is 0 Å². The average molecular weight is 241 g/mol. The van der Waals surface area contributed by atoms with Crippen LogP contribution < -0.4 is 5.32 Å². The summed E-state index contributed by atoms with van der Waals surface area (Å²) >= 11 is 2.08. The highest BCUT2D eigenvalue weighted by molar-refractivity contribution is 7.99. The second kappa shape index (κ2) is 5.77. The van der Waals surface area contributed by atoms with Gasteiger partial charge in [-0.3, -0.25) is 0 Å². The summed E-state index contributed by atoms with van der Waals surface area (Å²) in [7, 11) is 0. The molecule has 1 N–H and O–H groups in total. The van der Waals surface area contributed by atoms with Crippen LogP contribution >= 0.6 is 11.8 Å². The summed E-state index contributed by atoms with van der Waals surface area (Å²) in [5, 5.41) is 4.77. The molecular formula is C14H27NS. The molecule has 94 valence electrons. The Hall–Kier alpha value is 0.310. The van der Waals surface area contributed by atoms with Crippen molar-refractivity contribution in [2.45, 2.75) is 69.6 Å². The Morgan fingerprint density at radius 2 is 2.00 bits per heavy atom. The maximum atomic E-state index is 3.89. The molecule has 1 nitrogen and oxygen atoms in total. The molecule has 0 saturated heterocycles. The second-order valence-corrected chi connectivity index (χ2v) is 6.87. The van der Waals surface area contributed by atoms with Gasteiger partial charge >= 0.3 is 0 Å². The van der Waals surface area contributed by atoms with E-state index in [9.17, 15) is 0 Å². The van der Waals surface area contributed by atoms with E-state index in [2.05, 4.69) is 30.3 Å². The van der Waals surface area contributed by atoms with Crippen LogP contribution in [0.5, 0.6) is 0 Å². The first-order chi connectivity index (χ1) is 7.79. The van der Waals surface area contributed by atoms with Crippen LogP contribution in [0.3, 0.4) is 0 Å². The van der Waals surface area contributed by atoms with Crippen LogP contribution in [0.4, 0.5) is 0 Å². The Labute approximate surface area is 105 Å². The van der Waals surface area contributed by atoms with E-state index in [1.807, 2.05) is 0 Å². The van der Waals surface area contributed by atoms with E-state index in [1.54, 1.807) is 0 Å². The molecule has 0 aliphatic heterocycles. The topological polar surface area (TPSA) is 12.0 Å². The highest BCUT2D eigenvalue weighted by Crippen LogP contribution is 2.49. The van der Waals surface area contributed by atoms with Gasteiger partial charge in [0.15, 0.2) is 0 Å². The Kier molecular flexibility index (Phi) is 4.60. The molecule has 2 aliphatic carbocycles. The lowest BCUT2D eigenvalue weighted by Crippen LogP contribution is -2.43. The Balaban J connectivity index is 1.75. The molecule has 0 bridgehead atoms. The molecule has 0 aromatic rings. The second-order valence-electron chi connectivity index (χ2n) is 5.80. The van der Waals surface area contributed by atoms with Crippen molar-refractivity contribution in [3.8, 4) is 0 Å². The van der Waals surface area contributed by atoms with Gasteiger partial charge in [-0.1, -0.05) is 26.2 Å². The lowest BCUT2D eigenvalue weighted by Gasteiger charge is -2.32. The number of nitrogens with one attached hydrogen (secondary N) is 1. The van der Waals surface area contributed by atoms with E-state index < -0.39 is 0 Å². The molecule has 0 amide bonds. The molecule has 0 spiro atoms. The molecule has 2 unspecified atom stereocenters. The number of thioether (sulfide) groups is 1. The van der Waals surface area contributed by atoms with Gasteiger partial charge in [0.2, 0.25) is 0 Å². The van der Waals surface area contributed by atoms with Gasteiger partial charge in [0.1, 0.15) is 0 Å². The summed E-state index contributed by atoms with van der Waals surface area (Å²) in [5.41, 5.74) is 0.717. The van der Waals surface area contributed by atoms with Crippen molar-refractivity contribution in [1.29, 1.82) is 0 Å². The van der Waals surface area contributed by atoms with Gasteiger partial charge in [0.25, 0.3) is 0 Å². The minimum absolute atomic E-state index is 0.717. The molecule has 2 fully saturated rings. The third-order valence-electron chi connectivity index (χ3n) is 4.48. The van der Waals surface area contributed by atoms with Crippen LogP contribution in [-0.2, 0) is 0 Å². The molecule has 2 atom stereocenters. The van der Waals surface area contributed by atoms with Crippen molar-refractivity contribution >= 4 is 11.8 Å². The zero-order valence-electron chi connectivity index (χ0n) is 10.9. The van der Waals surface area contributed by atoms with E-state index in [1.165, 1.54) is 57.9 Å². The van der Waals surface area contributed by atoms with Crippen LogP contribution in [0.1, 0.15) is 58.3 Å². The van der Waals surface area contributed by atoms with E-state index in [0.29, 0.717) is 0 Å². The molecular weight excluding hydrogens is 214 g/mol. The number of hydrogen-bond donors (Lipinski definition) is 1. The SMILES string of the molecule is CCCC1(CNC2CCCCC2SC)CC1. The quantitative estimate of drug-likeness (QED) is 0.758. The minimum atomic E-state index is 0.717.